The Morgan fingerprint density at radius 1 is 1.46 bits per heavy atom. The van der Waals surface area contributed by atoms with Gasteiger partial charge in [-0.1, -0.05) is 0 Å². The Kier molecular flexibility index (Phi) is 2.86. The first-order chi connectivity index (χ1) is 6.25. The van der Waals surface area contributed by atoms with E-state index >= 15 is 0 Å². The first-order valence-electron chi connectivity index (χ1n) is 5.33. The Morgan fingerprint density at radius 3 is 2.77 bits per heavy atom. The van der Waals surface area contributed by atoms with Gasteiger partial charge in [0, 0.05) is 12.1 Å². The van der Waals surface area contributed by atoms with Crippen molar-refractivity contribution in [2.45, 2.75) is 43.9 Å². The van der Waals surface area contributed by atoms with Crippen LogP contribution in [0.2, 0.25) is 0 Å². The van der Waals surface area contributed by atoms with Gasteiger partial charge in [0.2, 0.25) is 0 Å². The van der Waals surface area contributed by atoms with Crippen molar-refractivity contribution in [3.05, 3.63) is 0 Å². The zero-order chi connectivity index (χ0) is 9.26. The van der Waals surface area contributed by atoms with Gasteiger partial charge in [-0.05, 0) is 39.3 Å². The van der Waals surface area contributed by atoms with Crippen LogP contribution >= 0.6 is 0 Å². The summed E-state index contributed by atoms with van der Waals surface area (Å²) in [7, 11) is 2.19. The number of hydrogen-bond acceptors (Lipinski definition) is 3. The maximum atomic E-state index is 5.78. The van der Waals surface area contributed by atoms with Crippen LogP contribution in [0.15, 0.2) is 0 Å². The fourth-order valence-corrected chi connectivity index (χ4v) is 2.18. The monoisotopic (exact) mass is 184 g/mol. The third kappa shape index (κ3) is 2.22. The normalized spacial score (nSPS) is 40.6. The van der Waals surface area contributed by atoms with Crippen molar-refractivity contribution in [2.75, 3.05) is 20.2 Å². The van der Waals surface area contributed by atoms with Crippen molar-refractivity contribution in [3.8, 4) is 0 Å². The van der Waals surface area contributed by atoms with E-state index in [4.69, 9.17) is 10.5 Å². The lowest BCUT2D eigenvalue weighted by molar-refractivity contribution is -0.0276. The molecule has 2 aliphatic rings. The van der Waals surface area contributed by atoms with E-state index in [1.807, 2.05) is 0 Å². The van der Waals surface area contributed by atoms with Crippen LogP contribution in [0.25, 0.3) is 0 Å². The predicted molar refractivity (Wildman–Crippen MR) is 52.6 cm³/mol. The van der Waals surface area contributed by atoms with E-state index in [9.17, 15) is 0 Å². The molecule has 76 valence electrons. The molecule has 1 unspecified atom stereocenters. The van der Waals surface area contributed by atoms with Gasteiger partial charge in [0.15, 0.2) is 0 Å². The summed E-state index contributed by atoms with van der Waals surface area (Å²) in [6.07, 6.45) is 5.22. The Labute approximate surface area is 80.2 Å². The van der Waals surface area contributed by atoms with Gasteiger partial charge in [0.05, 0.1) is 12.7 Å². The average molecular weight is 184 g/mol. The molecule has 1 aliphatic carbocycles. The van der Waals surface area contributed by atoms with Gasteiger partial charge in [0.1, 0.15) is 0 Å². The lowest BCUT2D eigenvalue weighted by atomic mass is 9.90. The van der Waals surface area contributed by atoms with E-state index in [1.165, 1.54) is 19.4 Å². The minimum Gasteiger partial charge on any atom is -0.376 e. The molecule has 1 saturated heterocycles. The van der Waals surface area contributed by atoms with Crippen molar-refractivity contribution in [2.24, 2.45) is 5.73 Å². The van der Waals surface area contributed by atoms with Gasteiger partial charge < -0.3 is 15.4 Å². The van der Waals surface area contributed by atoms with Gasteiger partial charge in [0.25, 0.3) is 0 Å². The summed E-state index contributed by atoms with van der Waals surface area (Å²) in [6.45, 7) is 2.14. The Morgan fingerprint density at radius 2 is 2.23 bits per heavy atom. The van der Waals surface area contributed by atoms with Crippen molar-refractivity contribution in [3.63, 3.8) is 0 Å². The fourth-order valence-electron chi connectivity index (χ4n) is 2.18. The molecule has 0 radical (unpaired) electrons. The molecule has 1 saturated carbocycles. The van der Waals surface area contributed by atoms with Crippen molar-refractivity contribution < 1.29 is 4.74 Å². The lowest BCUT2D eigenvalue weighted by Gasteiger charge is -2.33. The Bertz CT molecular complexity index is 168. The minimum absolute atomic E-state index is 0.409. The van der Waals surface area contributed by atoms with E-state index in [-0.39, 0.29) is 0 Å². The molecular formula is C10H20N2O. The molecule has 3 nitrogen and oxygen atoms in total. The van der Waals surface area contributed by atoms with Gasteiger partial charge in [-0.3, -0.25) is 0 Å². The topological polar surface area (TPSA) is 38.5 Å². The van der Waals surface area contributed by atoms with E-state index in [1.54, 1.807) is 0 Å². The average Bonchev–Trinajstić information content (AvgIpc) is 2.43. The summed E-state index contributed by atoms with van der Waals surface area (Å²) in [6, 6.07) is 1.07. The minimum atomic E-state index is 0.409. The molecule has 0 aromatic heterocycles. The molecule has 1 aliphatic heterocycles. The molecule has 0 spiro atoms. The largest absolute Gasteiger partial charge is 0.376 e. The molecule has 1 heterocycles. The zero-order valence-corrected chi connectivity index (χ0v) is 8.41. The van der Waals surface area contributed by atoms with Gasteiger partial charge in [-0.25, -0.2) is 0 Å². The van der Waals surface area contributed by atoms with Crippen LogP contribution in [0.4, 0.5) is 0 Å². The number of nitrogens with two attached hydrogens (primary N) is 1. The first kappa shape index (κ1) is 9.44. The molecular weight excluding hydrogens is 164 g/mol. The van der Waals surface area contributed by atoms with Gasteiger partial charge in [-0.15, -0.1) is 0 Å². The van der Waals surface area contributed by atoms with Gasteiger partial charge >= 0.3 is 0 Å². The molecule has 0 aromatic carbocycles. The second kappa shape index (κ2) is 3.95. The smallest absolute Gasteiger partial charge is 0.0625 e. The van der Waals surface area contributed by atoms with Crippen LogP contribution in [0.1, 0.15) is 25.7 Å². The number of likely N-dealkylation sites (N-methyl/N-ethyl adjacent to an activating group) is 1. The molecule has 1 atom stereocenters. The summed E-state index contributed by atoms with van der Waals surface area (Å²) in [5.74, 6) is 0. The van der Waals surface area contributed by atoms with Crippen LogP contribution in [0.3, 0.4) is 0 Å². The third-order valence-corrected chi connectivity index (χ3v) is 3.33. The summed E-state index contributed by atoms with van der Waals surface area (Å²) < 4.78 is 5.78. The highest BCUT2D eigenvalue weighted by Gasteiger charge is 2.28. The molecule has 2 rings (SSSR count). The highest BCUT2D eigenvalue weighted by Crippen LogP contribution is 2.23. The summed E-state index contributed by atoms with van der Waals surface area (Å²) >= 11 is 0. The summed E-state index contributed by atoms with van der Waals surface area (Å²) in [5.41, 5.74) is 5.69. The predicted octanol–water partition coefficient (Wildman–Crippen LogP) is 0.587. The highest BCUT2D eigenvalue weighted by atomic mass is 16.5. The lowest BCUT2D eigenvalue weighted by Crippen LogP contribution is -2.43. The Balaban J connectivity index is 1.62. The quantitative estimate of drug-likeness (QED) is 0.697. The first-order valence-corrected chi connectivity index (χ1v) is 5.33. The van der Waals surface area contributed by atoms with Crippen LogP contribution in [-0.2, 0) is 4.74 Å². The fraction of sp³-hybridized carbons (Fsp3) is 1.00. The van der Waals surface area contributed by atoms with E-state index in [0.29, 0.717) is 18.2 Å². The zero-order valence-electron chi connectivity index (χ0n) is 8.41. The number of rotatable bonds is 3. The molecule has 3 heteroatoms. The summed E-state index contributed by atoms with van der Waals surface area (Å²) in [4.78, 5) is 2.40. The SMILES string of the molecule is CN1CCCC1COC1CC(N)C1. The number of hydrogen-bond donors (Lipinski definition) is 1. The van der Waals surface area contributed by atoms with Crippen LogP contribution in [0.5, 0.6) is 0 Å². The maximum absolute atomic E-state index is 5.78. The van der Waals surface area contributed by atoms with Crippen molar-refractivity contribution >= 4 is 0 Å². The number of ether oxygens (including phenoxy) is 1. The number of likely N-dealkylation sites (tertiary alicyclic amines) is 1. The molecule has 0 bridgehead atoms. The molecule has 0 aromatic rings. The van der Waals surface area contributed by atoms with Crippen molar-refractivity contribution in [1.29, 1.82) is 0 Å². The number of nitrogens with zero attached hydrogens (tertiary/aromatic N) is 1. The van der Waals surface area contributed by atoms with Gasteiger partial charge in [-0.2, -0.15) is 0 Å². The maximum Gasteiger partial charge on any atom is 0.0625 e. The second-order valence-electron chi connectivity index (χ2n) is 4.46. The van der Waals surface area contributed by atoms with Crippen LogP contribution in [0, 0.1) is 0 Å². The molecule has 2 fully saturated rings. The summed E-state index contributed by atoms with van der Waals surface area (Å²) in [5, 5.41) is 0. The third-order valence-electron chi connectivity index (χ3n) is 3.33. The van der Waals surface area contributed by atoms with E-state index in [0.717, 1.165) is 19.4 Å². The van der Waals surface area contributed by atoms with Crippen LogP contribution in [-0.4, -0.2) is 43.3 Å². The van der Waals surface area contributed by atoms with Crippen LogP contribution < -0.4 is 5.73 Å². The standard InChI is InChI=1S/C10H20N2O/c1-12-4-2-3-9(12)7-13-10-5-8(11)6-10/h8-10H,2-7,11H2,1H3. The highest BCUT2D eigenvalue weighted by molar-refractivity contribution is 4.84. The van der Waals surface area contributed by atoms with E-state index in [2.05, 4.69) is 11.9 Å². The molecule has 0 amide bonds. The molecule has 13 heavy (non-hydrogen) atoms. The van der Waals surface area contributed by atoms with Crippen molar-refractivity contribution in [1.82, 2.24) is 4.90 Å². The van der Waals surface area contributed by atoms with E-state index < -0.39 is 0 Å². The second-order valence-corrected chi connectivity index (χ2v) is 4.46. The molecule has 2 N–H and O–H groups in total. The Hall–Kier alpha value is -0.120.